The van der Waals surface area contributed by atoms with Crippen molar-refractivity contribution in [2.45, 2.75) is 25.9 Å². The predicted octanol–water partition coefficient (Wildman–Crippen LogP) is 3.74. The minimum atomic E-state index is -0.543. The highest BCUT2D eigenvalue weighted by atomic mass is 79.9. The number of aromatic nitrogens is 2. The van der Waals surface area contributed by atoms with Crippen molar-refractivity contribution in [1.82, 2.24) is 9.78 Å². The van der Waals surface area contributed by atoms with Crippen LogP contribution < -0.4 is 0 Å². The van der Waals surface area contributed by atoms with Crippen molar-refractivity contribution in [3.05, 3.63) is 37.2 Å². The van der Waals surface area contributed by atoms with Gasteiger partial charge >= 0.3 is 0 Å². The maximum absolute atomic E-state index is 10.2. The van der Waals surface area contributed by atoms with Gasteiger partial charge in [-0.3, -0.25) is 4.68 Å². The Kier molecular flexibility index (Phi) is 4.48. The molecule has 2 heterocycles. The van der Waals surface area contributed by atoms with E-state index in [1.165, 1.54) is 11.3 Å². The molecule has 0 spiro atoms. The number of rotatable bonds is 4. The van der Waals surface area contributed by atoms with Crippen LogP contribution in [0.4, 0.5) is 0 Å². The Morgan fingerprint density at radius 2 is 2.28 bits per heavy atom. The van der Waals surface area contributed by atoms with Gasteiger partial charge in [-0.2, -0.15) is 5.10 Å². The lowest BCUT2D eigenvalue weighted by Gasteiger charge is -2.08. The first-order valence-electron chi connectivity index (χ1n) is 5.65. The fraction of sp³-hybridized carbons (Fsp3) is 0.417. The molecule has 0 fully saturated rings. The molecule has 2 rings (SSSR count). The topological polar surface area (TPSA) is 38.0 Å². The number of aryl methyl sites for hydroxylation is 2. The fourth-order valence-electron chi connectivity index (χ4n) is 1.76. The molecule has 0 aliphatic rings. The SMILES string of the molecule is CCc1cc(CC(O)c2cc(Br)c(Cl)s2)n(C)n1. The van der Waals surface area contributed by atoms with Crippen molar-refractivity contribution in [1.29, 1.82) is 0 Å². The van der Waals surface area contributed by atoms with Crippen LogP contribution in [0.2, 0.25) is 4.34 Å². The first kappa shape index (κ1) is 14.1. The third-order valence-electron chi connectivity index (χ3n) is 2.78. The second kappa shape index (κ2) is 5.74. The van der Waals surface area contributed by atoms with Gasteiger partial charge in [-0.25, -0.2) is 0 Å². The van der Waals surface area contributed by atoms with E-state index in [0.717, 1.165) is 27.2 Å². The van der Waals surface area contributed by atoms with Crippen LogP contribution >= 0.6 is 38.9 Å². The van der Waals surface area contributed by atoms with Gasteiger partial charge in [0, 0.05) is 28.5 Å². The van der Waals surface area contributed by atoms with Crippen molar-refractivity contribution >= 4 is 38.9 Å². The van der Waals surface area contributed by atoms with E-state index in [9.17, 15) is 5.11 Å². The summed E-state index contributed by atoms with van der Waals surface area (Å²) in [6.07, 6.45) is 0.909. The van der Waals surface area contributed by atoms with Crippen LogP contribution in [0.25, 0.3) is 0 Å². The summed E-state index contributed by atoms with van der Waals surface area (Å²) in [5.74, 6) is 0. The molecular weight excluding hydrogens is 336 g/mol. The molecule has 0 aliphatic carbocycles. The van der Waals surface area contributed by atoms with Gasteiger partial charge in [0.05, 0.1) is 11.8 Å². The fourth-order valence-corrected chi connectivity index (χ4v) is 3.48. The molecule has 2 aromatic heterocycles. The van der Waals surface area contributed by atoms with E-state index >= 15 is 0 Å². The summed E-state index contributed by atoms with van der Waals surface area (Å²) in [7, 11) is 1.90. The molecule has 98 valence electrons. The minimum absolute atomic E-state index is 0.543. The molecular formula is C12H14BrClN2OS. The second-order valence-electron chi connectivity index (χ2n) is 4.09. The number of halogens is 2. The van der Waals surface area contributed by atoms with E-state index in [2.05, 4.69) is 28.0 Å². The highest BCUT2D eigenvalue weighted by Crippen LogP contribution is 2.36. The Balaban J connectivity index is 2.15. The third kappa shape index (κ3) is 2.96. The molecule has 1 atom stereocenters. The quantitative estimate of drug-likeness (QED) is 0.913. The number of aliphatic hydroxyl groups is 1. The van der Waals surface area contributed by atoms with Gasteiger partial charge in [0.1, 0.15) is 4.34 Å². The van der Waals surface area contributed by atoms with Crippen molar-refractivity contribution in [3.8, 4) is 0 Å². The monoisotopic (exact) mass is 348 g/mol. The highest BCUT2D eigenvalue weighted by molar-refractivity contribution is 9.10. The molecule has 0 amide bonds. The molecule has 18 heavy (non-hydrogen) atoms. The zero-order chi connectivity index (χ0) is 13.3. The normalized spacial score (nSPS) is 12.9. The van der Waals surface area contributed by atoms with Crippen LogP contribution in [-0.2, 0) is 19.9 Å². The molecule has 0 saturated heterocycles. The average Bonchev–Trinajstić information content (AvgIpc) is 2.84. The molecule has 0 saturated carbocycles. The van der Waals surface area contributed by atoms with Crippen molar-refractivity contribution in [3.63, 3.8) is 0 Å². The van der Waals surface area contributed by atoms with Crippen LogP contribution in [-0.4, -0.2) is 14.9 Å². The van der Waals surface area contributed by atoms with Crippen molar-refractivity contribution in [2.24, 2.45) is 7.05 Å². The van der Waals surface area contributed by atoms with Crippen LogP contribution in [0.5, 0.6) is 0 Å². The van der Waals surface area contributed by atoms with Crippen LogP contribution in [0.3, 0.4) is 0 Å². The van der Waals surface area contributed by atoms with Crippen LogP contribution in [0, 0.1) is 0 Å². The molecule has 0 bridgehead atoms. The molecule has 0 aliphatic heterocycles. The van der Waals surface area contributed by atoms with Gasteiger partial charge in [0.15, 0.2) is 0 Å². The first-order valence-corrected chi connectivity index (χ1v) is 7.64. The minimum Gasteiger partial charge on any atom is -0.387 e. The van der Waals surface area contributed by atoms with Gasteiger partial charge in [-0.05, 0) is 34.5 Å². The van der Waals surface area contributed by atoms with Gasteiger partial charge in [0.2, 0.25) is 0 Å². The zero-order valence-electron chi connectivity index (χ0n) is 10.2. The van der Waals surface area contributed by atoms with Crippen molar-refractivity contribution in [2.75, 3.05) is 0 Å². The Hall–Kier alpha value is -0.360. The van der Waals surface area contributed by atoms with E-state index in [1.54, 1.807) is 0 Å². The van der Waals surface area contributed by atoms with Gasteiger partial charge in [0.25, 0.3) is 0 Å². The Bertz CT molecular complexity index is 533. The third-order valence-corrected chi connectivity index (χ3v) is 5.36. The number of aliphatic hydroxyl groups excluding tert-OH is 1. The lowest BCUT2D eigenvalue weighted by molar-refractivity contribution is 0.179. The predicted molar refractivity (Wildman–Crippen MR) is 78.3 cm³/mol. The molecule has 1 unspecified atom stereocenters. The number of thiophene rings is 1. The van der Waals surface area contributed by atoms with E-state index in [0.29, 0.717) is 10.8 Å². The second-order valence-corrected chi connectivity index (χ2v) is 6.63. The molecule has 2 aromatic rings. The zero-order valence-corrected chi connectivity index (χ0v) is 13.3. The molecule has 3 nitrogen and oxygen atoms in total. The highest BCUT2D eigenvalue weighted by Gasteiger charge is 2.16. The largest absolute Gasteiger partial charge is 0.387 e. The van der Waals surface area contributed by atoms with E-state index in [4.69, 9.17) is 11.6 Å². The van der Waals surface area contributed by atoms with E-state index in [-0.39, 0.29) is 0 Å². The standard InChI is InChI=1S/C12H14BrClN2OS/c1-3-7-4-8(16(2)15-7)5-10(17)11-6-9(13)12(14)18-11/h4,6,10,17H,3,5H2,1-2H3. The lowest BCUT2D eigenvalue weighted by atomic mass is 10.1. The van der Waals surface area contributed by atoms with E-state index in [1.807, 2.05) is 23.9 Å². The summed E-state index contributed by atoms with van der Waals surface area (Å²) < 4.78 is 3.33. The van der Waals surface area contributed by atoms with Crippen LogP contribution in [0.1, 0.15) is 29.3 Å². The number of nitrogens with zero attached hydrogens (tertiary/aromatic N) is 2. The Labute approximate surface area is 124 Å². The molecule has 0 radical (unpaired) electrons. The maximum atomic E-state index is 10.2. The Morgan fingerprint density at radius 1 is 1.56 bits per heavy atom. The maximum Gasteiger partial charge on any atom is 0.107 e. The van der Waals surface area contributed by atoms with Gasteiger partial charge in [-0.15, -0.1) is 11.3 Å². The summed E-state index contributed by atoms with van der Waals surface area (Å²) in [5.41, 5.74) is 2.07. The molecule has 0 aromatic carbocycles. The molecule has 1 N–H and O–H groups in total. The summed E-state index contributed by atoms with van der Waals surface area (Å²) in [4.78, 5) is 0.867. The Morgan fingerprint density at radius 3 is 2.78 bits per heavy atom. The smallest absolute Gasteiger partial charge is 0.107 e. The summed E-state index contributed by atoms with van der Waals surface area (Å²) in [6, 6.07) is 3.91. The number of hydrogen-bond donors (Lipinski definition) is 1. The van der Waals surface area contributed by atoms with Gasteiger partial charge in [-0.1, -0.05) is 18.5 Å². The van der Waals surface area contributed by atoms with Crippen LogP contribution in [0.15, 0.2) is 16.6 Å². The van der Waals surface area contributed by atoms with Gasteiger partial charge < -0.3 is 5.11 Å². The first-order chi connectivity index (χ1) is 8.51. The van der Waals surface area contributed by atoms with Crippen molar-refractivity contribution < 1.29 is 5.11 Å². The summed E-state index contributed by atoms with van der Waals surface area (Å²) in [5, 5.41) is 14.6. The number of hydrogen-bond acceptors (Lipinski definition) is 3. The summed E-state index contributed by atoms with van der Waals surface area (Å²) in [6.45, 7) is 2.07. The summed E-state index contributed by atoms with van der Waals surface area (Å²) >= 11 is 10.7. The van der Waals surface area contributed by atoms with E-state index < -0.39 is 6.10 Å². The lowest BCUT2D eigenvalue weighted by Crippen LogP contribution is -2.05. The molecule has 6 heteroatoms. The average molecular weight is 350 g/mol.